The number of nitrogens with two attached hydrogens (primary N) is 1. The molecule has 1 aliphatic heterocycles. The third-order valence-electron chi connectivity index (χ3n) is 4.50. The lowest BCUT2D eigenvalue weighted by Crippen LogP contribution is -2.55. The summed E-state index contributed by atoms with van der Waals surface area (Å²) < 4.78 is 11.7. The molecule has 0 aromatic rings. The van der Waals surface area contributed by atoms with Gasteiger partial charge in [-0.05, 0) is 32.2 Å². The van der Waals surface area contributed by atoms with Crippen LogP contribution in [0.4, 0.5) is 0 Å². The van der Waals surface area contributed by atoms with Crippen LogP contribution >= 0.6 is 0 Å². The largest absolute Gasteiger partial charge is 0.347 e. The molecule has 0 amide bonds. The van der Waals surface area contributed by atoms with Gasteiger partial charge in [0.1, 0.15) is 0 Å². The van der Waals surface area contributed by atoms with Crippen molar-refractivity contribution >= 4 is 0 Å². The zero-order chi connectivity index (χ0) is 11.9. The van der Waals surface area contributed by atoms with E-state index in [0.29, 0.717) is 6.04 Å². The van der Waals surface area contributed by atoms with Gasteiger partial charge in [0, 0.05) is 31.5 Å². The number of hydrogen-bond acceptors (Lipinski definition) is 4. The molecule has 2 atom stereocenters. The Morgan fingerprint density at radius 3 is 2.59 bits per heavy atom. The summed E-state index contributed by atoms with van der Waals surface area (Å²) in [6.45, 7) is 2.68. The van der Waals surface area contributed by atoms with Gasteiger partial charge in [-0.3, -0.25) is 0 Å². The SMILES string of the molecule is CN(CC1CC1)C1CC2(CCC1N)OCCO2. The molecule has 1 spiro atoms. The van der Waals surface area contributed by atoms with Crippen LogP contribution in [0.2, 0.25) is 0 Å². The molecule has 98 valence electrons. The van der Waals surface area contributed by atoms with Gasteiger partial charge < -0.3 is 20.1 Å². The normalized spacial score (nSPS) is 36.9. The summed E-state index contributed by atoms with van der Waals surface area (Å²) in [6.07, 6.45) is 5.70. The van der Waals surface area contributed by atoms with Crippen LogP contribution in [-0.4, -0.2) is 49.6 Å². The van der Waals surface area contributed by atoms with Gasteiger partial charge in [-0.25, -0.2) is 0 Å². The number of likely N-dealkylation sites (N-methyl/N-ethyl adjacent to an activating group) is 1. The van der Waals surface area contributed by atoms with Crippen molar-refractivity contribution in [2.24, 2.45) is 11.7 Å². The number of hydrogen-bond donors (Lipinski definition) is 1. The van der Waals surface area contributed by atoms with Crippen molar-refractivity contribution in [3.05, 3.63) is 0 Å². The minimum atomic E-state index is -0.307. The van der Waals surface area contributed by atoms with E-state index in [1.165, 1.54) is 19.4 Å². The van der Waals surface area contributed by atoms with E-state index in [1.54, 1.807) is 0 Å². The summed E-state index contributed by atoms with van der Waals surface area (Å²) in [5.74, 6) is 0.605. The van der Waals surface area contributed by atoms with Crippen LogP contribution in [0.3, 0.4) is 0 Å². The second-order valence-electron chi connectivity index (χ2n) is 5.96. The van der Waals surface area contributed by atoms with E-state index in [1.807, 2.05) is 0 Å². The number of rotatable bonds is 3. The Hall–Kier alpha value is -0.160. The van der Waals surface area contributed by atoms with Crippen LogP contribution in [0.25, 0.3) is 0 Å². The first-order chi connectivity index (χ1) is 8.19. The maximum atomic E-state index is 6.27. The average Bonchev–Trinajstić information content (AvgIpc) is 3.02. The van der Waals surface area contributed by atoms with Crippen LogP contribution in [0, 0.1) is 5.92 Å². The molecule has 0 radical (unpaired) electrons. The molecule has 2 unspecified atom stereocenters. The summed E-state index contributed by atoms with van der Waals surface area (Å²) >= 11 is 0. The Balaban J connectivity index is 1.63. The third kappa shape index (κ3) is 2.50. The van der Waals surface area contributed by atoms with Crippen LogP contribution in [0.15, 0.2) is 0 Å². The predicted molar refractivity (Wildman–Crippen MR) is 65.6 cm³/mol. The summed E-state index contributed by atoms with van der Waals surface area (Å²) in [4.78, 5) is 2.44. The van der Waals surface area contributed by atoms with Gasteiger partial charge in [0.25, 0.3) is 0 Å². The highest BCUT2D eigenvalue weighted by Crippen LogP contribution is 2.38. The molecule has 0 aromatic carbocycles. The van der Waals surface area contributed by atoms with E-state index in [9.17, 15) is 0 Å². The van der Waals surface area contributed by atoms with E-state index < -0.39 is 0 Å². The molecule has 3 rings (SSSR count). The molecule has 2 N–H and O–H groups in total. The molecule has 2 saturated carbocycles. The van der Waals surface area contributed by atoms with Gasteiger partial charge in [0.2, 0.25) is 0 Å². The zero-order valence-corrected chi connectivity index (χ0v) is 10.7. The molecule has 2 aliphatic carbocycles. The van der Waals surface area contributed by atoms with Gasteiger partial charge in [0.15, 0.2) is 5.79 Å². The first-order valence-corrected chi connectivity index (χ1v) is 6.92. The van der Waals surface area contributed by atoms with Crippen LogP contribution in [0.1, 0.15) is 32.1 Å². The topological polar surface area (TPSA) is 47.7 Å². The molecule has 3 fully saturated rings. The standard InChI is InChI=1S/C13H24N2O2/c1-15(9-10-2-3-10)12-8-13(5-4-11(12)14)16-6-7-17-13/h10-12H,2-9,14H2,1H3. The van der Waals surface area contributed by atoms with Gasteiger partial charge >= 0.3 is 0 Å². The molecule has 4 heteroatoms. The fourth-order valence-corrected chi connectivity index (χ4v) is 3.24. The first kappa shape index (κ1) is 11.9. The molecular formula is C13H24N2O2. The quantitative estimate of drug-likeness (QED) is 0.798. The lowest BCUT2D eigenvalue weighted by Gasteiger charge is -2.43. The highest BCUT2D eigenvalue weighted by Gasteiger charge is 2.45. The second-order valence-corrected chi connectivity index (χ2v) is 5.96. The lowest BCUT2D eigenvalue weighted by molar-refractivity contribution is -0.191. The minimum Gasteiger partial charge on any atom is -0.347 e. The third-order valence-corrected chi connectivity index (χ3v) is 4.50. The van der Waals surface area contributed by atoms with E-state index >= 15 is 0 Å². The Labute approximate surface area is 103 Å². The minimum absolute atomic E-state index is 0.275. The molecule has 1 saturated heterocycles. The van der Waals surface area contributed by atoms with Gasteiger partial charge in [0.05, 0.1) is 13.2 Å². The lowest BCUT2D eigenvalue weighted by atomic mass is 9.85. The van der Waals surface area contributed by atoms with Crippen molar-refractivity contribution in [3.63, 3.8) is 0 Å². The van der Waals surface area contributed by atoms with Crippen molar-refractivity contribution in [2.45, 2.75) is 50.0 Å². The Bertz CT molecular complexity index is 275. The van der Waals surface area contributed by atoms with Gasteiger partial charge in [-0.15, -0.1) is 0 Å². The smallest absolute Gasteiger partial charge is 0.170 e. The molecule has 3 aliphatic rings. The summed E-state index contributed by atoms with van der Waals surface area (Å²) in [7, 11) is 2.21. The first-order valence-electron chi connectivity index (χ1n) is 6.92. The van der Waals surface area contributed by atoms with E-state index in [2.05, 4.69) is 11.9 Å². The van der Waals surface area contributed by atoms with Crippen LogP contribution in [0.5, 0.6) is 0 Å². The molecular weight excluding hydrogens is 216 g/mol. The average molecular weight is 240 g/mol. The predicted octanol–water partition coefficient (Wildman–Crippen LogP) is 0.951. The zero-order valence-electron chi connectivity index (χ0n) is 10.7. The fraction of sp³-hybridized carbons (Fsp3) is 1.00. The van der Waals surface area contributed by atoms with E-state index in [0.717, 1.165) is 38.4 Å². The molecule has 4 nitrogen and oxygen atoms in total. The molecule has 1 heterocycles. The molecule has 17 heavy (non-hydrogen) atoms. The van der Waals surface area contributed by atoms with E-state index in [4.69, 9.17) is 15.2 Å². The Kier molecular flexibility index (Phi) is 3.15. The van der Waals surface area contributed by atoms with Crippen molar-refractivity contribution in [1.29, 1.82) is 0 Å². The second kappa shape index (κ2) is 4.50. The Morgan fingerprint density at radius 1 is 1.24 bits per heavy atom. The fourth-order valence-electron chi connectivity index (χ4n) is 3.24. The van der Waals surface area contributed by atoms with Crippen LogP contribution in [-0.2, 0) is 9.47 Å². The highest BCUT2D eigenvalue weighted by atomic mass is 16.7. The number of nitrogens with zero attached hydrogens (tertiary/aromatic N) is 1. The molecule has 0 aromatic heterocycles. The monoisotopic (exact) mass is 240 g/mol. The maximum Gasteiger partial charge on any atom is 0.170 e. The van der Waals surface area contributed by atoms with Crippen molar-refractivity contribution in [1.82, 2.24) is 4.90 Å². The van der Waals surface area contributed by atoms with Gasteiger partial charge in [-0.1, -0.05) is 0 Å². The van der Waals surface area contributed by atoms with Gasteiger partial charge in [-0.2, -0.15) is 0 Å². The molecule has 0 bridgehead atoms. The number of ether oxygens (including phenoxy) is 2. The Morgan fingerprint density at radius 2 is 1.94 bits per heavy atom. The highest BCUT2D eigenvalue weighted by molar-refractivity contribution is 4.95. The van der Waals surface area contributed by atoms with E-state index in [-0.39, 0.29) is 11.8 Å². The summed E-state index contributed by atoms with van der Waals surface area (Å²) in [6, 6.07) is 0.694. The van der Waals surface area contributed by atoms with Crippen molar-refractivity contribution < 1.29 is 9.47 Å². The van der Waals surface area contributed by atoms with Crippen molar-refractivity contribution in [3.8, 4) is 0 Å². The summed E-state index contributed by atoms with van der Waals surface area (Å²) in [5, 5.41) is 0. The summed E-state index contributed by atoms with van der Waals surface area (Å²) in [5.41, 5.74) is 6.27. The van der Waals surface area contributed by atoms with Crippen molar-refractivity contribution in [2.75, 3.05) is 26.8 Å². The van der Waals surface area contributed by atoms with Crippen LogP contribution < -0.4 is 5.73 Å². The maximum absolute atomic E-state index is 6.27.